The predicted octanol–water partition coefficient (Wildman–Crippen LogP) is 0.445. The zero-order valence-electron chi connectivity index (χ0n) is 7.47. The summed E-state index contributed by atoms with van der Waals surface area (Å²) in [5.74, 6) is 0. The van der Waals surface area contributed by atoms with E-state index in [4.69, 9.17) is 0 Å². The normalized spacial score (nSPS) is 12.4. The van der Waals surface area contributed by atoms with E-state index in [0.717, 1.165) is 16.8 Å². The van der Waals surface area contributed by atoms with Crippen LogP contribution in [0.4, 0.5) is 0 Å². The van der Waals surface area contributed by atoms with Crippen LogP contribution in [-0.4, -0.2) is 24.1 Å². The Morgan fingerprint density at radius 2 is 2.43 bits per heavy atom. The summed E-state index contributed by atoms with van der Waals surface area (Å²) in [5, 5.41) is 1.93. The summed E-state index contributed by atoms with van der Waals surface area (Å²) in [4.78, 5) is 5.08. The number of hydrogen-bond donors (Lipinski definition) is 1. The van der Waals surface area contributed by atoms with E-state index >= 15 is 0 Å². The highest BCUT2D eigenvalue weighted by Crippen LogP contribution is 2.15. The fourth-order valence-corrected chi connectivity index (χ4v) is 2.32. The van der Waals surface area contributed by atoms with Crippen molar-refractivity contribution in [3.8, 4) is 0 Å². The van der Waals surface area contributed by atoms with Gasteiger partial charge in [-0.1, -0.05) is 0 Å². The van der Waals surface area contributed by atoms with Crippen molar-refractivity contribution in [2.45, 2.75) is 6.54 Å². The van der Waals surface area contributed by atoms with Gasteiger partial charge in [0.25, 0.3) is 0 Å². The number of fused-ring (bicyclic) bond motifs is 1. The molecular formula is C7H9N3O2S2. The van der Waals surface area contributed by atoms with Crippen LogP contribution in [0.15, 0.2) is 17.9 Å². The van der Waals surface area contributed by atoms with Crippen molar-refractivity contribution in [2.75, 3.05) is 6.26 Å². The van der Waals surface area contributed by atoms with Crippen LogP contribution in [0.3, 0.4) is 0 Å². The van der Waals surface area contributed by atoms with Crippen molar-refractivity contribution < 1.29 is 8.42 Å². The van der Waals surface area contributed by atoms with Gasteiger partial charge in [-0.3, -0.25) is 4.40 Å². The second-order valence-corrected chi connectivity index (χ2v) is 5.63. The Hall–Kier alpha value is -0.920. The van der Waals surface area contributed by atoms with Gasteiger partial charge in [0.1, 0.15) is 11.2 Å². The van der Waals surface area contributed by atoms with Crippen molar-refractivity contribution in [2.24, 2.45) is 0 Å². The molecule has 0 aliphatic carbocycles. The molecule has 5 nitrogen and oxygen atoms in total. The third-order valence-electron chi connectivity index (χ3n) is 1.72. The molecule has 0 bridgehead atoms. The monoisotopic (exact) mass is 231 g/mol. The standard InChI is InChI=1S/C7H9N3O2S2/c1-14(11,12)9-4-6-7-10(5-8-6)2-3-13-7/h2-3,5,9H,4H2,1H3. The van der Waals surface area contributed by atoms with Gasteiger partial charge in [-0.05, 0) is 0 Å². The van der Waals surface area contributed by atoms with Crippen LogP contribution < -0.4 is 4.72 Å². The molecule has 0 unspecified atom stereocenters. The minimum absolute atomic E-state index is 0.246. The van der Waals surface area contributed by atoms with E-state index in [1.807, 2.05) is 16.0 Å². The maximum absolute atomic E-state index is 10.9. The second kappa shape index (κ2) is 3.34. The van der Waals surface area contributed by atoms with Crippen molar-refractivity contribution in [1.29, 1.82) is 0 Å². The Kier molecular flexibility index (Phi) is 2.30. The topological polar surface area (TPSA) is 63.5 Å². The summed E-state index contributed by atoms with van der Waals surface area (Å²) in [6.07, 6.45) is 4.69. The molecule has 7 heteroatoms. The number of aromatic nitrogens is 2. The zero-order valence-corrected chi connectivity index (χ0v) is 9.10. The molecule has 2 rings (SSSR count). The van der Waals surface area contributed by atoms with E-state index in [9.17, 15) is 8.42 Å². The van der Waals surface area contributed by atoms with Crippen LogP contribution in [0.25, 0.3) is 4.83 Å². The minimum atomic E-state index is -3.15. The molecule has 1 N–H and O–H groups in total. The highest BCUT2D eigenvalue weighted by atomic mass is 32.2. The minimum Gasteiger partial charge on any atom is -0.297 e. The molecule has 0 radical (unpaired) electrons. The van der Waals surface area contributed by atoms with Gasteiger partial charge in [0.15, 0.2) is 0 Å². The van der Waals surface area contributed by atoms with Gasteiger partial charge in [-0.25, -0.2) is 18.1 Å². The average molecular weight is 231 g/mol. The van der Waals surface area contributed by atoms with Gasteiger partial charge in [-0.15, -0.1) is 11.3 Å². The summed E-state index contributed by atoms with van der Waals surface area (Å²) in [6, 6.07) is 0. The number of nitrogens with one attached hydrogen (secondary N) is 1. The molecule has 0 saturated carbocycles. The molecule has 0 amide bonds. The molecule has 14 heavy (non-hydrogen) atoms. The van der Waals surface area contributed by atoms with Crippen LogP contribution in [0, 0.1) is 0 Å². The maximum atomic E-state index is 10.9. The Bertz CT molecular complexity index is 540. The number of hydrogen-bond acceptors (Lipinski definition) is 4. The lowest BCUT2D eigenvalue weighted by Crippen LogP contribution is -2.21. The van der Waals surface area contributed by atoms with Gasteiger partial charge in [0, 0.05) is 11.6 Å². The molecule has 76 valence electrons. The molecule has 0 aliphatic rings. The SMILES string of the molecule is CS(=O)(=O)NCc1ncn2ccsc12. The first-order valence-electron chi connectivity index (χ1n) is 3.90. The molecule has 0 fully saturated rings. The Morgan fingerprint density at radius 3 is 3.14 bits per heavy atom. The van der Waals surface area contributed by atoms with Crippen LogP contribution in [0.5, 0.6) is 0 Å². The summed E-state index contributed by atoms with van der Waals surface area (Å²) in [6.45, 7) is 0.246. The van der Waals surface area contributed by atoms with E-state index in [-0.39, 0.29) is 6.54 Å². The van der Waals surface area contributed by atoms with Gasteiger partial charge in [-0.2, -0.15) is 0 Å². The summed E-state index contributed by atoms with van der Waals surface area (Å²) in [7, 11) is -3.15. The van der Waals surface area contributed by atoms with Crippen molar-refractivity contribution in [1.82, 2.24) is 14.1 Å². The summed E-state index contributed by atoms with van der Waals surface area (Å²) >= 11 is 1.54. The Labute approximate surface area is 85.5 Å². The van der Waals surface area contributed by atoms with Crippen molar-refractivity contribution in [3.05, 3.63) is 23.6 Å². The van der Waals surface area contributed by atoms with E-state index < -0.39 is 10.0 Å². The molecule has 0 atom stereocenters. The number of nitrogens with zero attached hydrogens (tertiary/aromatic N) is 2. The summed E-state index contributed by atoms with van der Waals surface area (Å²) in [5.41, 5.74) is 0.755. The maximum Gasteiger partial charge on any atom is 0.209 e. The third-order valence-corrected chi connectivity index (χ3v) is 3.32. The van der Waals surface area contributed by atoms with Gasteiger partial charge in [0.05, 0.1) is 18.5 Å². The van der Waals surface area contributed by atoms with E-state index in [2.05, 4.69) is 9.71 Å². The third kappa shape index (κ3) is 1.94. The smallest absolute Gasteiger partial charge is 0.209 e. The number of sulfonamides is 1. The van der Waals surface area contributed by atoms with Crippen molar-refractivity contribution in [3.63, 3.8) is 0 Å². The lowest BCUT2D eigenvalue weighted by molar-refractivity contribution is 0.587. The largest absolute Gasteiger partial charge is 0.297 e. The Morgan fingerprint density at radius 1 is 1.64 bits per heavy atom. The van der Waals surface area contributed by atoms with Crippen molar-refractivity contribution >= 4 is 26.2 Å². The first kappa shape index (κ1) is 9.63. The summed E-state index contributed by atoms with van der Waals surface area (Å²) < 4.78 is 26.0. The van der Waals surface area contributed by atoms with Crippen LogP contribution in [0.2, 0.25) is 0 Å². The number of thiazole rings is 1. The Balaban J connectivity index is 2.24. The molecule has 0 spiro atoms. The van der Waals surface area contributed by atoms with E-state index in [1.165, 1.54) is 11.3 Å². The molecule has 2 aromatic rings. The number of rotatable bonds is 3. The molecule has 0 aromatic carbocycles. The molecular weight excluding hydrogens is 222 g/mol. The highest BCUT2D eigenvalue weighted by molar-refractivity contribution is 7.88. The second-order valence-electron chi connectivity index (χ2n) is 2.90. The molecule has 2 aromatic heterocycles. The first-order chi connectivity index (χ1) is 6.56. The van der Waals surface area contributed by atoms with E-state index in [1.54, 1.807) is 6.33 Å². The fourth-order valence-electron chi connectivity index (χ4n) is 1.10. The lowest BCUT2D eigenvalue weighted by Gasteiger charge is -1.97. The molecule has 0 saturated heterocycles. The van der Waals surface area contributed by atoms with Gasteiger partial charge < -0.3 is 0 Å². The fraction of sp³-hybridized carbons (Fsp3) is 0.286. The molecule has 0 aliphatic heterocycles. The van der Waals surface area contributed by atoms with Crippen LogP contribution >= 0.6 is 11.3 Å². The van der Waals surface area contributed by atoms with Crippen LogP contribution in [-0.2, 0) is 16.6 Å². The van der Waals surface area contributed by atoms with E-state index in [0.29, 0.717) is 0 Å². The molecule has 2 heterocycles. The van der Waals surface area contributed by atoms with Gasteiger partial charge >= 0.3 is 0 Å². The zero-order chi connectivity index (χ0) is 10.2. The number of imidazole rings is 1. The van der Waals surface area contributed by atoms with Crippen LogP contribution in [0.1, 0.15) is 5.69 Å². The lowest BCUT2D eigenvalue weighted by atomic mass is 10.5. The highest BCUT2D eigenvalue weighted by Gasteiger charge is 2.07. The predicted molar refractivity (Wildman–Crippen MR) is 54.8 cm³/mol. The van der Waals surface area contributed by atoms with Gasteiger partial charge in [0.2, 0.25) is 10.0 Å². The average Bonchev–Trinajstić information content (AvgIpc) is 2.59. The first-order valence-corrected chi connectivity index (χ1v) is 6.67. The quantitative estimate of drug-likeness (QED) is 0.834.